The van der Waals surface area contributed by atoms with Crippen molar-refractivity contribution in [2.75, 3.05) is 0 Å². The number of hydrogen-bond acceptors (Lipinski definition) is 1. The van der Waals surface area contributed by atoms with Gasteiger partial charge in [-0.2, -0.15) is 0 Å². The van der Waals surface area contributed by atoms with E-state index in [0.717, 1.165) is 12.3 Å². The number of nitrogens with two attached hydrogens (primary N) is 1. The molecule has 0 bridgehead atoms. The fourth-order valence-electron chi connectivity index (χ4n) is 2.36. The summed E-state index contributed by atoms with van der Waals surface area (Å²) >= 11 is 0. The van der Waals surface area contributed by atoms with E-state index in [1.807, 2.05) is 0 Å². The highest BCUT2D eigenvalue weighted by Crippen LogP contribution is 2.33. The lowest BCUT2D eigenvalue weighted by molar-refractivity contribution is 0.730. The molecule has 0 saturated heterocycles. The second kappa shape index (κ2) is 3.74. The lowest BCUT2D eigenvalue weighted by atomic mass is 9.98. The Morgan fingerprint density at radius 1 is 1.50 bits per heavy atom. The van der Waals surface area contributed by atoms with Gasteiger partial charge >= 0.3 is 0 Å². The maximum Gasteiger partial charge on any atom is 0.00509 e. The molecule has 0 radical (unpaired) electrons. The van der Waals surface area contributed by atoms with Crippen LogP contribution in [0.25, 0.3) is 0 Å². The van der Waals surface area contributed by atoms with Crippen molar-refractivity contribution in [1.82, 2.24) is 0 Å². The van der Waals surface area contributed by atoms with Crippen LogP contribution in [-0.2, 0) is 12.8 Å². The molecule has 0 aromatic heterocycles. The Labute approximate surface area is 86.3 Å². The van der Waals surface area contributed by atoms with Crippen LogP contribution in [0.15, 0.2) is 18.2 Å². The van der Waals surface area contributed by atoms with Crippen molar-refractivity contribution in [2.24, 2.45) is 5.73 Å². The first-order valence-electron chi connectivity index (χ1n) is 5.54. The van der Waals surface area contributed by atoms with E-state index >= 15 is 0 Å². The summed E-state index contributed by atoms with van der Waals surface area (Å²) in [5, 5.41) is 0. The van der Waals surface area contributed by atoms with Crippen LogP contribution < -0.4 is 5.73 Å². The molecule has 2 atom stereocenters. The first-order valence-corrected chi connectivity index (χ1v) is 5.54. The van der Waals surface area contributed by atoms with Crippen molar-refractivity contribution in [3.8, 4) is 0 Å². The summed E-state index contributed by atoms with van der Waals surface area (Å²) in [5.41, 5.74) is 10.3. The zero-order valence-corrected chi connectivity index (χ0v) is 9.09. The summed E-state index contributed by atoms with van der Waals surface area (Å²) in [6, 6.07) is 7.15. The van der Waals surface area contributed by atoms with E-state index in [2.05, 4.69) is 32.0 Å². The molecule has 0 spiro atoms. The van der Waals surface area contributed by atoms with Gasteiger partial charge in [0, 0.05) is 6.04 Å². The lowest BCUT2D eigenvalue weighted by Gasteiger charge is -2.09. The second-order valence-electron chi connectivity index (χ2n) is 4.65. The number of benzene rings is 1. The summed E-state index contributed by atoms with van der Waals surface area (Å²) in [6.07, 6.45) is 3.58. The molecule has 1 aromatic rings. The van der Waals surface area contributed by atoms with Gasteiger partial charge in [-0.25, -0.2) is 0 Å². The standard InChI is InChI=1S/C13H19N/c1-9-3-5-12-6-4-11(7-10(2)14)8-13(9)12/h4,6,8-10H,3,5,7,14H2,1-2H3. The number of rotatable bonds is 2. The number of fused-ring (bicyclic) bond motifs is 1. The molecule has 2 N–H and O–H groups in total. The van der Waals surface area contributed by atoms with Gasteiger partial charge in [0.2, 0.25) is 0 Å². The van der Waals surface area contributed by atoms with E-state index in [4.69, 9.17) is 5.73 Å². The van der Waals surface area contributed by atoms with Gasteiger partial charge in [-0.15, -0.1) is 0 Å². The largest absolute Gasteiger partial charge is 0.328 e. The maximum atomic E-state index is 5.80. The topological polar surface area (TPSA) is 26.0 Å². The van der Waals surface area contributed by atoms with Gasteiger partial charge < -0.3 is 5.73 Å². The number of aryl methyl sites for hydroxylation is 1. The molecular formula is C13H19N. The molecule has 1 aromatic carbocycles. The monoisotopic (exact) mass is 189 g/mol. The minimum Gasteiger partial charge on any atom is -0.328 e. The van der Waals surface area contributed by atoms with Gasteiger partial charge in [-0.3, -0.25) is 0 Å². The molecular weight excluding hydrogens is 170 g/mol. The number of hydrogen-bond donors (Lipinski definition) is 1. The van der Waals surface area contributed by atoms with Gasteiger partial charge in [-0.05, 0) is 48.8 Å². The molecule has 1 nitrogen and oxygen atoms in total. The first-order chi connectivity index (χ1) is 6.66. The highest BCUT2D eigenvalue weighted by atomic mass is 14.6. The summed E-state index contributed by atoms with van der Waals surface area (Å²) < 4.78 is 0. The molecule has 76 valence electrons. The van der Waals surface area contributed by atoms with Crippen LogP contribution in [0.3, 0.4) is 0 Å². The molecule has 14 heavy (non-hydrogen) atoms. The Balaban J connectivity index is 2.26. The lowest BCUT2D eigenvalue weighted by Crippen LogP contribution is -2.17. The molecule has 2 rings (SSSR count). The van der Waals surface area contributed by atoms with E-state index in [0.29, 0.717) is 0 Å². The molecule has 1 aliphatic rings. The van der Waals surface area contributed by atoms with Crippen LogP contribution in [-0.4, -0.2) is 6.04 Å². The van der Waals surface area contributed by atoms with Gasteiger partial charge in [-0.1, -0.05) is 25.1 Å². The predicted octanol–water partition coefficient (Wildman–Crippen LogP) is 2.63. The Morgan fingerprint density at radius 3 is 3.00 bits per heavy atom. The Bertz CT molecular complexity index is 328. The van der Waals surface area contributed by atoms with Crippen molar-refractivity contribution >= 4 is 0 Å². The third-order valence-corrected chi connectivity index (χ3v) is 3.15. The Hall–Kier alpha value is -0.820. The van der Waals surface area contributed by atoms with Crippen LogP contribution in [0.1, 0.15) is 42.9 Å². The third-order valence-electron chi connectivity index (χ3n) is 3.15. The SMILES string of the molecule is CC(N)Cc1ccc2c(c1)C(C)CC2. The van der Waals surface area contributed by atoms with Crippen molar-refractivity contribution in [2.45, 2.75) is 45.1 Å². The van der Waals surface area contributed by atoms with Crippen LogP contribution in [0.2, 0.25) is 0 Å². The summed E-state index contributed by atoms with van der Waals surface area (Å²) in [6.45, 7) is 4.39. The average Bonchev–Trinajstić information content (AvgIpc) is 2.47. The van der Waals surface area contributed by atoms with E-state index in [-0.39, 0.29) is 6.04 Å². The van der Waals surface area contributed by atoms with E-state index in [1.54, 1.807) is 11.1 Å². The highest BCUT2D eigenvalue weighted by molar-refractivity contribution is 5.38. The first kappa shape index (κ1) is 9.72. The smallest absolute Gasteiger partial charge is 0.00509 e. The zero-order valence-electron chi connectivity index (χ0n) is 9.09. The van der Waals surface area contributed by atoms with Gasteiger partial charge in [0.1, 0.15) is 0 Å². The van der Waals surface area contributed by atoms with Crippen molar-refractivity contribution < 1.29 is 0 Å². The normalized spacial score (nSPS) is 22.1. The summed E-state index contributed by atoms with van der Waals surface area (Å²) in [7, 11) is 0. The fraction of sp³-hybridized carbons (Fsp3) is 0.538. The van der Waals surface area contributed by atoms with Crippen molar-refractivity contribution in [3.05, 3.63) is 34.9 Å². The van der Waals surface area contributed by atoms with Gasteiger partial charge in [0.05, 0.1) is 0 Å². The van der Waals surface area contributed by atoms with Crippen LogP contribution >= 0.6 is 0 Å². The minimum atomic E-state index is 0.268. The minimum absolute atomic E-state index is 0.268. The van der Waals surface area contributed by atoms with Gasteiger partial charge in [0.25, 0.3) is 0 Å². The van der Waals surface area contributed by atoms with E-state index in [1.165, 1.54) is 18.4 Å². The maximum absolute atomic E-state index is 5.80. The molecule has 1 heteroatoms. The average molecular weight is 189 g/mol. The molecule has 0 fully saturated rings. The van der Waals surface area contributed by atoms with E-state index < -0.39 is 0 Å². The predicted molar refractivity (Wildman–Crippen MR) is 60.5 cm³/mol. The molecule has 1 aliphatic carbocycles. The molecule has 0 heterocycles. The third kappa shape index (κ3) is 1.83. The summed E-state index contributed by atoms with van der Waals surface area (Å²) in [4.78, 5) is 0. The van der Waals surface area contributed by atoms with Crippen LogP contribution in [0.4, 0.5) is 0 Å². The Kier molecular flexibility index (Phi) is 2.60. The molecule has 0 amide bonds. The second-order valence-corrected chi connectivity index (χ2v) is 4.65. The quantitative estimate of drug-likeness (QED) is 0.760. The highest BCUT2D eigenvalue weighted by Gasteiger charge is 2.18. The van der Waals surface area contributed by atoms with Crippen molar-refractivity contribution in [1.29, 1.82) is 0 Å². The van der Waals surface area contributed by atoms with Gasteiger partial charge in [0.15, 0.2) is 0 Å². The van der Waals surface area contributed by atoms with E-state index in [9.17, 15) is 0 Å². The van der Waals surface area contributed by atoms with Crippen molar-refractivity contribution in [3.63, 3.8) is 0 Å². The molecule has 0 aliphatic heterocycles. The Morgan fingerprint density at radius 2 is 2.29 bits per heavy atom. The zero-order chi connectivity index (χ0) is 10.1. The molecule has 0 saturated carbocycles. The van der Waals surface area contributed by atoms with Crippen LogP contribution in [0.5, 0.6) is 0 Å². The summed E-state index contributed by atoms with van der Waals surface area (Å²) in [5.74, 6) is 0.748. The fourth-order valence-corrected chi connectivity index (χ4v) is 2.36. The van der Waals surface area contributed by atoms with Crippen LogP contribution in [0, 0.1) is 0 Å². The molecule has 2 unspecified atom stereocenters.